The van der Waals surface area contributed by atoms with Crippen LogP contribution >= 0.6 is 12.2 Å². The van der Waals surface area contributed by atoms with E-state index >= 15 is 0 Å². The van der Waals surface area contributed by atoms with Crippen molar-refractivity contribution in [3.63, 3.8) is 0 Å². The van der Waals surface area contributed by atoms with E-state index in [-0.39, 0.29) is 0 Å². The van der Waals surface area contributed by atoms with Gasteiger partial charge in [0.15, 0.2) is 0 Å². The first-order chi connectivity index (χ1) is 8.99. The lowest BCUT2D eigenvalue weighted by molar-refractivity contribution is 0.276. The second-order valence-electron chi connectivity index (χ2n) is 5.86. The van der Waals surface area contributed by atoms with Crippen LogP contribution in [0.25, 0.3) is 0 Å². The third-order valence-corrected chi connectivity index (χ3v) is 4.36. The van der Waals surface area contributed by atoms with Gasteiger partial charge in [-0.15, -0.1) is 0 Å². The van der Waals surface area contributed by atoms with Crippen LogP contribution in [0, 0.1) is 18.8 Å². The lowest BCUT2D eigenvalue weighted by atomic mass is 9.80. The highest BCUT2D eigenvalue weighted by molar-refractivity contribution is 7.80. The first-order valence-corrected chi connectivity index (χ1v) is 7.41. The summed E-state index contributed by atoms with van der Waals surface area (Å²) in [6.45, 7) is 6.66. The van der Waals surface area contributed by atoms with Crippen LogP contribution in [-0.4, -0.2) is 16.0 Å². The average molecular weight is 277 g/mol. The Morgan fingerprint density at radius 1 is 1.42 bits per heavy atom. The van der Waals surface area contributed by atoms with Crippen molar-refractivity contribution in [2.75, 3.05) is 5.32 Å². The first-order valence-electron chi connectivity index (χ1n) is 7.01. The van der Waals surface area contributed by atoms with Crippen molar-refractivity contribution < 1.29 is 0 Å². The highest BCUT2D eigenvalue weighted by Gasteiger charge is 2.26. The number of nitrogens with one attached hydrogen (secondary N) is 1. The molecule has 19 heavy (non-hydrogen) atoms. The van der Waals surface area contributed by atoms with Crippen LogP contribution in [0.4, 0.5) is 5.82 Å². The minimum Gasteiger partial charge on any atom is -0.389 e. The number of nitrogens with zero attached hydrogens (tertiary/aromatic N) is 1. The fourth-order valence-electron chi connectivity index (χ4n) is 3.03. The standard InChI is InChI=1S/C15H23N3S/c1-9-4-5-12(11(3)8-9)18-15-13(14(16)19)10(2)6-7-17-15/h6-7,9,11-12H,4-5,8H2,1-3H3,(H2,16,19)(H,17,18). The second-order valence-corrected chi connectivity index (χ2v) is 6.30. The summed E-state index contributed by atoms with van der Waals surface area (Å²) in [4.78, 5) is 4.85. The van der Waals surface area contributed by atoms with Gasteiger partial charge in [-0.2, -0.15) is 0 Å². The Hall–Kier alpha value is -1.16. The zero-order valence-electron chi connectivity index (χ0n) is 11.9. The number of aromatic nitrogens is 1. The molecule has 1 heterocycles. The molecule has 0 amide bonds. The molecule has 0 aromatic carbocycles. The fourth-order valence-corrected chi connectivity index (χ4v) is 3.29. The fraction of sp³-hybridized carbons (Fsp3) is 0.600. The first kappa shape index (κ1) is 14.3. The van der Waals surface area contributed by atoms with E-state index < -0.39 is 0 Å². The van der Waals surface area contributed by atoms with Gasteiger partial charge < -0.3 is 11.1 Å². The van der Waals surface area contributed by atoms with Crippen LogP contribution in [-0.2, 0) is 0 Å². The van der Waals surface area contributed by atoms with Crippen LogP contribution in [0.15, 0.2) is 12.3 Å². The molecule has 3 unspecified atom stereocenters. The molecule has 2 rings (SSSR count). The normalized spacial score (nSPS) is 27.0. The molecule has 1 aliphatic carbocycles. The van der Waals surface area contributed by atoms with Gasteiger partial charge >= 0.3 is 0 Å². The Balaban J connectivity index is 2.19. The van der Waals surface area contributed by atoms with Gasteiger partial charge in [-0.25, -0.2) is 4.98 Å². The lowest BCUT2D eigenvalue weighted by Crippen LogP contribution is -2.34. The van der Waals surface area contributed by atoms with Gasteiger partial charge in [0.1, 0.15) is 10.8 Å². The zero-order chi connectivity index (χ0) is 14.0. The Labute approximate surface area is 121 Å². The third-order valence-electron chi connectivity index (χ3n) is 4.16. The predicted molar refractivity (Wildman–Crippen MR) is 84.5 cm³/mol. The van der Waals surface area contributed by atoms with Crippen molar-refractivity contribution in [1.82, 2.24) is 4.98 Å². The second kappa shape index (κ2) is 5.87. The maximum Gasteiger partial charge on any atom is 0.136 e. The minimum absolute atomic E-state index is 0.421. The number of nitrogens with two attached hydrogens (primary N) is 1. The van der Waals surface area contributed by atoms with Gasteiger partial charge in [-0.3, -0.25) is 0 Å². The molecular formula is C15H23N3S. The van der Waals surface area contributed by atoms with Crippen LogP contribution in [0.2, 0.25) is 0 Å². The number of aryl methyl sites for hydroxylation is 1. The minimum atomic E-state index is 0.421. The summed E-state index contributed by atoms with van der Waals surface area (Å²) in [7, 11) is 0. The molecule has 1 saturated carbocycles. The number of thiocarbonyl (C=S) groups is 1. The van der Waals surface area contributed by atoms with Crippen molar-refractivity contribution in [2.24, 2.45) is 17.6 Å². The van der Waals surface area contributed by atoms with Crippen molar-refractivity contribution in [3.8, 4) is 0 Å². The van der Waals surface area contributed by atoms with Crippen molar-refractivity contribution in [3.05, 3.63) is 23.4 Å². The summed E-state index contributed by atoms with van der Waals surface area (Å²) < 4.78 is 0. The number of rotatable bonds is 3. The van der Waals surface area contributed by atoms with Crippen LogP contribution in [0.5, 0.6) is 0 Å². The zero-order valence-corrected chi connectivity index (χ0v) is 12.8. The van der Waals surface area contributed by atoms with E-state index in [1.807, 2.05) is 19.2 Å². The average Bonchev–Trinajstić information content (AvgIpc) is 2.32. The highest BCUT2D eigenvalue weighted by Crippen LogP contribution is 2.31. The molecule has 104 valence electrons. The van der Waals surface area contributed by atoms with E-state index in [0.29, 0.717) is 16.9 Å². The summed E-state index contributed by atoms with van der Waals surface area (Å²) in [5.41, 5.74) is 7.81. The monoisotopic (exact) mass is 277 g/mol. The van der Waals surface area contributed by atoms with E-state index in [2.05, 4.69) is 24.1 Å². The van der Waals surface area contributed by atoms with Gasteiger partial charge in [-0.1, -0.05) is 26.1 Å². The molecule has 0 bridgehead atoms. The van der Waals surface area contributed by atoms with Crippen molar-refractivity contribution >= 4 is 23.0 Å². The van der Waals surface area contributed by atoms with Gasteiger partial charge in [-0.05, 0) is 49.7 Å². The smallest absolute Gasteiger partial charge is 0.136 e. The van der Waals surface area contributed by atoms with Gasteiger partial charge in [0.25, 0.3) is 0 Å². The topological polar surface area (TPSA) is 50.9 Å². The SMILES string of the molecule is Cc1ccnc(NC2CCC(C)CC2C)c1C(N)=S. The van der Waals surface area contributed by atoms with E-state index in [4.69, 9.17) is 18.0 Å². The summed E-state index contributed by atoms with van der Waals surface area (Å²) in [5.74, 6) is 2.33. The van der Waals surface area contributed by atoms with E-state index in [9.17, 15) is 0 Å². The largest absolute Gasteiger partial charge is 0.389 e. The van der Waals surface area contributed by atoms with Crippen molar-refractivity contribution in [2.45, 2.75) is 46.1 Å². The molecule has 1 fully saturated rings. The molecule has 4 heteroatoms. The number of hydrogen-bond acceptors (Lipinski definition) is 3. The summed E-state index contributed by atoms with van der Waals surface area (Å²) >= 11 is 5.15. The molecule has 3 N–H and O–H groups in total. The molecule has 3 nitrogen and oxygen atoms in total. The number of hydrogen-bond donors (Lipinski definition) is 2. The molecule has 1 aliphatic rings. The summed E-state index contributed by atoms with van der Waals surface area (Å²) in [6, 6.07) is 2.42. The molecule has 0 aliphatic heterocycles. The Bertz CT molecular complexity index is 472. The van der Waals surface area contributed by atoms with E-state index in [1.54, 1.807) is 0 Å². The van der Waals surface area contributed by atoms with E-state index in [1.165, 1.54) is 19.3 Å². The Kier molecular flexibility index (Phi) is 4.40. The van der Waals surface area contributed by atoms with Crippen molar-refractivity contribution in [1.29, 1.82) is 0 Å². The van der Waals surface area contributed by atoms with Crippen LogP contribution < -0.4 is 11.1 Å². The molecular weight excluding hydrogens is 254 g/mol. The van der Waals surface area contributed by atoms with Gasteiger partial charge in [0.05, 0.1) is 5.56 Å². The van der Waals surface area contributed by atoms with E-state index in [0.717, 1.165) is 22.9 Å². The molecule has 3 atom stereocenters. The molecule has 1 aromatic heterocycles. The van der Waals surface area contributed by atoms with Gasteiger partial charge in [0, 0.05) is 12.2 Å². The van der Waals surface area contributed by atoms with Gasteiger partial charge in [0.2, 0.25) is 0 Å². The quantitative estimate of drug-likeness (QED) is 0.833. The Morgan fingerprint density at radius 3 is 2.79 bits per heavy atom. The van der Waals surface area contributed by atoms with Crippen LogP contribution in [0.1, 0.15) is 44.2 Å². The Morgan fingerprint density at radius 2 is 2.16 bits per heavy atom. The maximum absolute atomic E-state index is 5.83. The third kappa shape index (κ3) is 3.24. The summed E-state index contributed by atoms with van der Waals surface area (Å²) in [5, 5.41) is 3.56. The molecule has 0 spiro atoms. The number of anilines is 1. The van der Waals surface area contributed by atoms with Crippen LogP contribution in [0.3, 0.4) is 0 Å². The predicted octanol–water partition coefficient (Wildman–Crippen LogP) is 3.26. The molecule has 1 aromatic rings. The molecule has 0 radical (unpaired) electrons. The molecule has 0 saturated heterocycles. The number of pyridine rings is 1. The lowest BCUT2D eigenvalue weighted by Gasteiger charge is -2.34. The summed E-state index contributed by atoms with van der Waals surface area (Å²) in [6.07, 6.45) is 5.55. The maximum atomic E-state index is 5.83. The highest BCUT2D eigenvalue weighted by atomic mass is 32.1.